The average molecular weight is 317 g/mol. The summed E-state index contributed by atoms with van der Waals surface area (Å²) >= 11 is 1.22. The van der Waals surface area contributed by atoms with Crippen LogP contribution < -0.4 is 5.32 Å². The maximum Gasteiger partial charge on any atom is 0.236 e. The Morgan fingerprint density at radius 1 is 1.32 bits per heavy atom. The van der Waals surface area contributed by atoms with Crippen LogP contribution in [0, 0.1) is 6.92 Å². The van der Waals surface area contributed by atoms with E-state index >= 15 is 0 Å². The Hall–Kier alpha value is -2.75. The molecule has 0 aliphatic heterocycles. The second-order valence-corrected chi connectivity index (χ2v) is 5.19. The molecule has 10 heteroatoms. The van der Waals surface area contributed by atoms with Gasteiger partial charge < -0.3 is 5.32 Å². The summed E-state index contributed by atoms with van der Waals surface area (Å²) in [5.74, 6) is 0.208. The molecular formula is C12H11N7O2S. The van der Waals surface area contributed by atoms with Crippen molar-refractivity contribution < 1.29 is 9.42 Å². The average Bonchev–Trinajstić information content (AvgIpc) is 3.16. The van der Waals surface area contributed by atoms with Crippen molar-refractivity contribution in [3.05, 3.63) is 36.0 Å². The van der Waals surface area contributed by atoms with Crippen LogP contribution in [0.4, 0.5) is 5.82 Å². The molecule has 0 fully saturated rings. The van der Waals surface area contributed by atoms with Crippen LogP contribution >= 0.6 is 11.8 Å². The highest BCUT2D eigenvalue weighted by atomic mass is 32.2. The van der Waals surface area contributed by atoms with Gasteiger partial charge in [-0.05, 0) is 34.6 Å². The van der Waals surface area contributed by atoms with Gasteiger partial charge in [-0.2, -0.15) is 4.68 Å². The van der Waals surface area contributed by atoms with E-state index in [0.29, 0.717) is 16.7 Å². The van der Waals surface area contributed by atoms with Crippen molar-refractivity contribution >= 4 is 23.5 Å². The number of aromatic nitrogens is 6. The van der Waals surface area contributed by atoms with E-state index in [4.69, 9.17) is 0 Å². The molecule has 0 spiro atoms. The lowest BCUT2D eigenvalue weighted by atomic mass is 10.3. The summed E-state index contributed by atoms with van der Waals surface area (Å²) in [6, 6.07) is 9.44. The third kappa shape index (κ3) is 3.11. The van der Waals surface area contributed by atoms with Gasteiger partial charge in [0.1, 0.15) is 5.69 Å². The van der Waals surface area contributed by atoms with E-state index in [1.54, 1.807) is 11.6 Å². The Morgan fingerprint density at radius 2 is 2.14 bits per heavy atom. The Morgan fingerprint density at radius 3 is 2.86 bits per heavy atom. The van der Waals surface area contributed by atoms with Gasteiger partial charge in [0.15, 0.2) is 5.82 Å². The molecule has 0 aliphatic carbocycles. The molecule has 3 aromatic rings. The largest absolute Gasteiger partial charge is 0.306 e. The van der Waals surface area contributed by atoms with E-state index < -0.39 is 0 Å². The Balaban J connectivity index is 1.64. The molecular weight excluding hydrogens is 306 g/mol. The Bertz CT molecular complexity index is 771. The first-order valence-electron chi connectivity index (χ1n) is 6.29. The topological polar surface area (TPSA) is 112 Å². The van der Waals surface area contributed by atoms with Crippen LogP contribution in [0.3, 0.4) is 0 Å². The Kier molecular flexibility index (Phi) is 4.10. The number of nitrogens with one attached hydrogen (secondary N) is 1. The number of hydrogen-bond donors (Lipinski definition) is 1. The summed E-state index contributed by atoms with van der Waals surface area (Å²) in [5, 5.41) is 21.8. The van der Waals surface area contributed by atoms with Crippen LogP contribution in [0.1, 0.15) is 5.69 Å². The number of tetrazole rings is 1. The van der Waals surface area contributed by atoms with Gasteiger partial charge in [0.25, 0.3) is 0 Å². The number of thioether (sulfide) groups is 1. The van der Waals surface area contributed by atoms with Crippen LogP contribution in [0.25, 0.3) is 5.69 Å². The quantitative estimate of drug-likeness (QED) is 0.696. The smallest absolute Gasteiger partial charge is 0.236 e. The molecule has 9 nitrogen and oxygen atoms in total. The standard InChI is InChI=1S/C12H11N7O2S/c1-8-11(16-21-15-8)13-10(20)7-22-12-14-17-18-19(12)9-5-3-2-4-6-9/h2-6H,7H2,1H3,(H,13,16,20). The van der Waals surface area contributed by atoms with Gasteiger partial charge in [-0.25, -0.2) is 4.63 Å². The maximum absolute atomic E-state index is 11.9. The number of anilines is 1. The second-order valence-electron chi connectivity index (χ2n) is 4.24. The molecule has 22 heavy (non-hydrogen) atoms. The number of hydrogen-bond acceptors (Lipinski definition) is 8. The predicted octanol–water partition coefficient (Wildman–Crippen LogP) is 1.08. The lowest BCUT2D eigenvalue weighted by molar-refractivity contribution is -0.113. The molecule has 0 unspecified atom stereocenters. The molecule has 0 bridgehead atoms. The minimum Gasteiger partial charge on any atom is -0.306 e. The number of benzene rings is 1. The van der Waals surface area contributed by atoms with Crippen molar-refractivity contribution in [2.24, 2.45) is 0 Å². The third-order valence-corrected chi connectivity index (χ3v) is 3.60. The van der Waals surface area contributed by atoms with Gasteiger partial charge in [0.2, 0.25) is 11.1 Å². The van der Waals surface area contributed by atoms with E-state index in [2.05, 4.69) is 35.8 Å². The van der Waals surface area contributed by atoms with Crippen LogP contribution in [0.2, 0.25) is 0 Å². The highest BCUT2D eigenvalue weighted by Gasteiger charge is 2.13. The number of carbonyl (C=O) groups excluding carboxylic acids is 1. The first-order chi connectivity index (χ1) is 10.7. The number of nitrogens with zero attached hydrogens (tertiary/aromatic N) is 6. The minimum absolute atomic E-state index is 0.138. The molecule has 0 saturated heterocycles. The van der Waals surface area contributed by atoms with Crippen LogP contribution in [0.15, 0.2) is 40.1 Å². The predicted molar refractivity (Wildman–Crippen MR) is 77.5 cm³/mol. The van der Waals surface area contributed by atoms with Crippen molar-refractivity contribution in [2.75, 3.05) is 11.1 Å². The zero-order valence-electron chi connectivity index (χ0n) is 11.5. The zero-order chi connectivity index (χ0) is 15.4. The molecule has 1 amide bonds. The van der Waals surface area contributed by atoms with E-state index in [1.165, 1.54) is 11.8 Å². The fraction of sp³-hybridized carbons (Fsp3) is 0.167. The number of carbonyl (C=O) groups is 1. The number of amides is 1. The van der Waals surface area contributed by atoms with E-state index in [-0.39, 0.29) is 11.7 Å². The van der Waals surface area contributed by atoms with Gasteiger partial charge >= 0.3 is 0 Å². The SMILES string of the molecule is Cc1nonc1NC(=O)CSc1nnnn1-c1ccccc1. The first-order valence-corrected chi connectivity index (χ1v) is 7.28. The molecule has 0 atom stereocenters. The van der Waals surface area contributed by atoms with E-state index in [0.717, 1.165) is 5.69 Å². The van der Waals surface area contributed by atoms with Crippen LogP contribution in [-0.4, -0.2) is 42.2 Å². The number of aryl methyl sites for hydroxylation is 1. The lowest BCUT2D eigenvalue weighted by Gasteiger charge is -2.04. The van der Waals surface area contributed by atoms with Gasteiger partial charge in [-0.15, -0.1) is 5.10 Å². The summed E-state index contributed by atoms with van der Waals surface area (Å²) in [4.78, 5) is 11.9. The fourth-order valence-electron chi connectivity index (χ4n) is 1.64. The molecule has 2 heterocycles. The monoisotopic (exact) mass is 317 g/mol. The molecule has 2 aromatic heterocycles. The summed E-state index contributed by atoms with van der Waals surface area (Å²) in [6.07, 6.45) is 0. The van der Waals surface area contributed by atoms with Crippen molar-refractivity contribution in [2.45, 2.75) is 12.1 Å². The maximum atomic E-state index is 11.9. The van der Waals surface area contributed by atoms with Gasteiger partial charge in [0, 0.05) is 0 Å². The van der Waals surface area contributed by atoms with E-state index in [9.17, 15) is 4.79 Å². The first kappa shape index (κ1) is 14.2. The normalized spacial score (nSPS) is 10.6. The molecule has 112 valence electrons. The van der Waals surface area contributed by atoms with Crippen LogP contribution in [0.5, 0.6) is 0 Å². The van der Waals surface area contributed by atoms with E-state index in [1.807, 2.05) is 30.3 Å². The van der Waals surface area contributed by atoms with Crippen molar-refractivity contribution in [1.82, 2.24) is 30.5 Å². The summed E-state index contributed by atoms with van der Waals surface area (Å²) in [7, 11) is 0. The van der Waals surface area contributed by atoms with Crippen molar-refractivity contribution in [3.63, 3.8) is 0 Å². The molecule has 3 rings (SSSR count). The number of rotatable bonds is 5. The summed E-state index contributed by atoms with van der Waals surface area (Å²) in [5.41, 5.74) is 1.35. The lowest BCUT2D eigenvalue weighted by Crippen LogP contribution is -2.15. The zero-order valence-corrected chi connectivity index (χ0v) is 12.3. The highest BCUT2D eigenvalue weighted by Crippen LogP contribution is 2.18. The molecule has 1 N–H and O–H groups in total. The third-order valence-electron chi connectivity index (χ3n) is 2.68. The second kappa shape index (κ2) is 6.35. The van der Waals surface area contributed by atoms with Gasteiger partial charge in [-0.1, -0.05) is 35.1 Å². The summed E-state index contributed by atoms with van der Waals surface area (Å²) < 4.78 is 6.09. The van der Waals surface area contributed by atoms with Crippen molar-refractivity contribution in [3.8, 4) is 5.69 Å². The van der Waals surface area contributed by atoms with Gasteiger partial charge in [-0.3, -0.25) is 4.79 Å². The molecule has 0 saturated carbocycles. The molecule has 0 radical (unpaired) electrons. The molecule has 1 aromatic carbocycles. The highest BCUT2D eigenvalue weighted by molar-refractivity contribution is 7.99. The van der Waals surface area contributed by atoms with Crippen molar-refractivity contribution in [1.29, 1.82) is 0 Å². The minimum atomic E-state index is -0.244. The fourth-order valence-corrected chi connectivity index (χ4v) is 2.33. The Labute approximate surface area is 129 Å². The molecule has 0 aliphatic rings. The van der Waals surface area contributed by atoms with Gasteiger partial charge in [0.05, 0.1) is 11.4 Å². The number of para-hydroxylation sites is 1. The van der Waals surface area contributed by atoms with Crippen LogP contribution in [-0.2, 0) is 4.79 Å². The summed E-state index contributed by atoms with van der Waals surface area (Å²) in [6.45, 7) is 1.69.